The summed E-state index contributed by atoms with van der Waals surface area (Å²) < 4.78 is 5.85. The Balaban J connectivity index is 1.72. The molecule has 134 valence electrons. The van der Waals surface area contributed by atoms with Crippen molar-refractivity contribution >= 4 is 28.9 Å². The van der Waals surface area contributed by atoms with Crippen LogP contribution in [0.1, 0.15) is 32.1 Å². The number of carboxylic acid groups (broad SMARTS) is 1. The van der Waals surface area contributed by atoms with Crippen LogP contribution in [0.5, 0.6) is 5.75 Å². The lowest BCUT2D eigenvalue weighted by molar-refractivity contribution is -0.254. The van der Waals surface area contributed by atoms with Gasteiger partial charge in [0.05, 0.1) is 16.5 Å². The number of hydrogen-bond donors (Lipinski definition) is 0. The topological polar surface area (TPSA) is 62.2 Å². The third kappa shape index (κ3) is 3.89. The average Bonchev–Trinajstić information content (AvgIpc) is 3.00. The fourth-order valence-electron chi connectivity index (χ4n) is 2.61. The van der Waals surface area contributed by atoms with Crippen molar-refractivity contribution in [1.82, 2.24) is 4.98 Å². The van der Waals surface area contributed by atoms with E-state index in [0.717, 1.165) is 44.4 Å². The van der Waals surface area contributed by atoms with E-state index in [9.17, 15) is 9.90 Å². The number of ether oxygens (including phenoxy) is 1. The highest BCUT2D eigenvalue weighted by molar-refractivity contribution is 7.17. The van der Waals surface area contributed by atoms with Crippen LogP contribution in [-0.2, 0) is 6.61 Å². The minimum Gasteiger partial charge on any atom is -0.544 e. The van der Waals surface area contributed by atoms with Gasteiger partial charge in [-0.15, -0.1) is 11.3 Å². The lowest BCUT2D eigenvalue weighted by atomic mass is 10.1. The number of aryl methyl sites for hydroxylation is 3. The first-order valence-electron chi connectivity index (χ1n) is 8.03. The molecular formula is C20H17ClNO3S-. The first-order valence-corrected chi connectivity index (χ1v) is 9.22. The van der Waals surface area contributed by atoms with E-state index < -0.39 is 5.97 Å². The number of carboxylic acids is 1. The molecule has 1 aromatic heterocycles. The van der Waals surface area contributed by atoms with Crippen LogP contribution in [0.2, 0.25) is 5.02 Å². The molecule has 0 spiro atoms. The second-order valence-corrected chi connectivity index (χ2v) is 7.45. The number of rotatable bonds is 5. The third-order valence-corrected chi connectivity index (χ3v) is 5.78. The van der Waals surface area contributed by atoms with Crippen molar-refractivity contribution in [2.45, 2.75) is 27.4 Å². The van der Waals surface area contributed by atoms with E-state index >= 15 is 0 Å². The Morgan fingerprint density at radius 1 is 1.15 bits per heavy atom. The van der Waals surface area contributed by atoms with Crippen LogP contribution in [0.25, 0.3) is 10.6 Å². The Morgan fingerprint density at radius 3 is 2.31 bits per heavy atom. The smallest absolute Gasteiger partial charge is 0.124 e. The first-order chi connectivity index (χ1) is 12.3. The zero-order chi connectivity index (χ0) is 18.8. The summed E-state index contributed by atoms with van der Waals surface area (Å²) in [6.07, 6.45) is 0. The number of nitrogens with zero attached hydrogens (tertiary/aromatic N) is 1. The molecule has 2 aromatic carbocycles. The molecule has 0 saturated carbocycles. The van der Waals surface area contributed by atoms with Gasteiger partial charge in [0.25, 0.3) is 0 Å². The van der Waals surface area contributed by atoms with E-state index in [1.54, 1.807) is 6.92 Å². The predicted molar refractivity (Wildman–Crippen MR) is 102 cm³/mol. The summed E-state index contributed by atoms with van der Waals surface area (Å²) in [6.45, 7) is 6.01. The molecule has 0 aliphatic heterocycles. The number of halogens is 1. The molecule has 3 aromatic rings. The quantitative estimate of drug-likeness (QED) is 0.654. The molecule has 0 radical (unpaired) electrons. The number of hydrogen-bond acceptors (Lipinski definition) is 5. The molecular weight excluding hydrogens is 370 g/mol. The highest BCUT2D eigenvalue weighted by Crippen LogP contribution is 2.29. The van der Waals surface area contributed by atoms with E-state index in [1.165, 1.54) is 0 Å². The molecule has 26 heavy (non-hydrogen) atoms. The van der Waals surface area contributed by atoms with Gasteiger partial charge in [0.2, 0.25) is 0 Å². The van der Waals surface area contributed by atoms with Crippen LogP contribution in [0, 0.1) is 20.8 Å². The van der Waals surface area contributed by atoms with Gasteiger partial charge < -0.3 is 14.6 Å². The van der Waals surface area contributed by atoms with Crippen LogP contribution in [0.4, 0.5) is 0 Å². The number of aromatic nitrogens is 1. The molecule has 0 atom stereocenters. The van der Waals surface area contributed by atoms with Crippen LogP contribution in [-0.4, -0.2) is 11.0 Å². The molecule has 0 saturated heterocycles. The molecule has 0 bridgehead atoms. The molecule has 0 unspecified atom stereocenters. The maximum absolute atomic E-state index is 11.0. The van der Waals surface area contributed by atoms with Gasteiger partial charge in [-0.25, -0.2) is 4.98 Å². The molecule has 1 heterocycles. The Bertz CT molecular complexity index is 941. The van der Waals surface area contributed by atoms with Crippen molar-refractivity contribution in [2.75, 3.05) is 0 Å². The lowest BCUT2D eigenvalue weighted by Crippen LogP contribution is -2.21. The van der Waals surface area contributed by atoms with Gasteiger partial charge in [-0.1, -0.05) is 35.9 Å². The number of benzene rings is 2. The Kier molecular flexibility index (Phi) is 5.30. The highest BCUT2D eigenvalue weighted by atomic mass is 35.5. The Labute approximate surface area is 161 Å². The van der Waals surface area contributed by atoms with Gasteiger partial charge in [0.1, 0.15) is 17.4 Å². The van der Waals surface area contributed by atoms with Crippen LogP contribution >= 0.6 is 22.9 Å². The first kappa shape index (κ1) is 18.4. The number of thiazole rings is 1. The van der Waals surface area contributed by atoms with Crippen molar-refractivity contribution in [2.24, 2.45) is 0 Å². The fraction of sp³-hybridized carbons (Fsp3) is 0.200. The summed E-state index contributed by atoms with van der Waals surface area (Å²) in [7, 11) is 0. The summed E-state index contributed by atoms with van der Waals surface area (Å²) in [5.41, 5.74) is 4.32. The van der Waals surface area contributed by atoms with Crippen molar-refractivity contribution in [3.05, 3.63) is 68.7 Å². The summed E-state index contributed by atoms with van der Waals surface area (Å²) >= 11 is 7.30. The van der Waals surface area contributed by atoms with Crippen molar-refractivity contribution < 1.29 is 14.6 Å². The Morgan fingerprint density at radius 2 is 1.77 bits per heavy atom. The largest absolute Gasteiger partial charge is 0.544 e. The van der Waals surface area contributed by atoms with Gasteiger partial charge in [-0.05, 0) is 49.6 Å². The Hall–Kier alpha value is -2.37. The van der Waals surface area contributed by atoms with Gasteiger partial charge in [0, 0.05) is 10.6 Å². The predicted octanol–water partition coefficient (Wildman–Crippen LogP) is 4.33. The fourth-order valence-corrected chi connectivity index (χ4v) is 3.62. The molecule has 0 amide bonds. The van der Waals surface area contributed by atoms with Gasteiger partial charge in [-0.3, -0.25) is 0 Å². The van der Waals surface area contributed by atoms with E-state index in [2.05, 4.69) is 4.98 Å². The summed E-state index contributed by atoms with van der Waals surface area (Å²) in [4.78, 5) is 15.5. The van der Waals surface area contributed by atoms with Crippen LogP contribution in [0.15, 0.2) is 36.4 Å². The zero-order valence-corrected chi connectivity index (χ0v) is 16.2. The maximum Gasteiger partial charge on any atom is 0.124 e. The van der Waals surface area contributed by atoms with E-state index in [1.807, 2.05) is 50.2 Å². The molecule has 4 nitrogen and oxygen atoms in total. The van der Waals surface area contributed by atoms with Crippen LogP contribution in [0.3, 0.4) is 0 Å². The maximum atomic E-state index is 11.0. The highest BCUT2D eigenvalue weighted by Gasteiger charge is 2.10. The molecule has 3 rings (SSSR count). The van der Waals surface area contributed by atoms with E-state index in [4.69, 9.17) is 16.3 Å². The summed E-state index contributed by atoms with van der Waals surface area (Å²) in [5, 5.41) is 12.5. The summed E-state index contributed by atoms with van der Waals surface area (Å²) in [5.74, 6) is -0.410. The number of carbonyl (C=O) groups excluding carboxylic acids is 1. The second kappa shape index (κ2) is 7.48. The second-order valence-electron chi connectivity index (χ2n) is 6.08. The average molecular weight is 387 g/mol. The zero-order valence-electron chi connectivity index (χ0n) is 14.6. The van der Waals surface area contributed by atoms with Gasteiger partial charge in [-0.2, -0.15) is 0 Å². The lowest BCUT2D eigenvalue weighted by Gasteiger charge is -2.10. The van der Waals surface area contributed by atoms with Gasteiger partial charge >= 0.3 is 0 Å². The van der Waals surface area contributed by atoms with Crippen LogP contribution < -0.4 is 9.84 Å². The van der Waals surface area contributed by atoms with E-state index in [0.29, 0.717) is 17.3 Å². The minimum absolute atomic E-state index is 0.167. The standard InChI is InChI=1S/C20H18ClNO3S/c1-11-8-16(9-12(2)17(11)21)25-10-14-4-6-15(7-5-14)19-22-13(3)18(26-19)20(23)24/h4-9H,10H2,1-3H3,(H,23,24)/p-1. The normalized spacial score (nSPS) is 10.8. The molecule has 0 aliphatic carbocycles. The molecule has 0 fully saturated rings. The molecule has 6 heteroatoms. The minimum atomic E-state index is -1.19. The van der Waals surface area contributed by atoms with Gasteiger partial charge in [0.15, 0.2) is 0 Å². The van der Waals surface area contributed by atoms with E-state index in [-0.39, 0.29) is 4.88 Å². The molecule has 0 N–H and O–H groups in total. The number of aromatic carboxylic acids is 1. The van der Waals surface area contributed by atoms with Crippen molar-refractivity contribution in [1.29, 1.82) is 0 Å². The molecule has 0 aliphatic rings. The van der Waals surface area contributed by atoms with Crippen molar-refractivity contribution in [3.63, 3.8) is 0 Å². The summed E-state index contributed by atoms with van der Waals surface area (Å²) in [6, 6.07) is 11.6. The SMILES string of the molecule is Cc1cc(OCc2ccc(-c3nc(C)c(C(=O)[O-])s3)cc2)cc(C)c1Cl. The third-order valence-electron chi connectivity index (χ3n) is 4.00. The number of carbonyl (C=O) groups is 1. The monoisotopic (exact) mass is 386 g/mol. The van der Waals surface area contributed by atoms with Crippen molar-refractivity contribution in [3.8, 4) is 16.3 Å².